The van der Waals surface area contributed by atoms with Gasteiger partial charge in [-0.05, 0) is 26.2 Å². The predicted octanol–water partition coefficient (Wildman–Crippen LogP) is 1.07. The summed E-state index contributed by atoms with van der Waals surface area (Å²) in [7, 11) is 1.93. The highest BCUT2D eigenvalue weighted by molar-refractivity contribution is 5.79. The maximum absolute atomic E-state index is 11.4. The summed E-state index contributed by atoms with van der Waals surface area (Å²) in [4.78, 5) is 13.5. The molecule has 118 valence electrons. The number of nitrogens with two attached hydrogens (primary N) is 1. The fourth-order valence-electron chi connectivity index (χ4n) is 2.62. The number of carbonyl (C=O) groups is 1. The van der Waals surface area contributed by atoms with Crippen LogP contribution in [0.2, 0.25) is 0 Å². The summed E-state index contributed by atoms with van der Waals surface area (Å²) < 4.78 is 1.87. The van der Waals surface area contributed by atoms with E-state index in [2.05, 4.69) is 22.2 Å². The average molecular weight is 293 g/mol. The van der Waals surface area contributed by atoms with Crippen LogP contribution in [0.4, 0.5) is 5.82 Å². The first-order valence-corrected chi connectivity index (χ1v) is 7.82. The Balaban J connectivity index is 2.20. The van der Waals surface area contributed by atoms with Gasteiger partial charge in [0.05, 0.1) is 12.2 Å². The van der Waals surface area contributed by atoms with Gasteiger partial charge in [0.1, 0.15) is 5.82 Å². The Morgan fingerprint density at radius 2 is 2.24 bits per heavy atom. The maximum Gasteiger partial charge on any atom is 0.236 e. The molecule has 1 aliphatic rings. The first kappa shape index (κ1) is 15.8. The summed E-state index contributed by atoms with van der Waals surface area (Å²) in [5, 5.41) is 8.06. The number of hydrogen-bond donors (Lipinski definition) is 2. The molecule has 1 fully saturated rings. The van der Waals surface area contributed by atoms with Crippen molar-refractivity contribution in [2.45, 2.75) is 52.1 Å². The number of aryl methyl sites for hydroxylation is 2. The van der Waals surface area contributed by atoms with Gasteiger partial charge in [0.2, 0.25) is 5.91 Å². The van der Waals surface area contributed by atoms with Gasteiger partial charge in [0.15, 0.2) is 0 Å². The molecule has 0 bridgehead atoms. The third-order valence-corrected chi connectivity index (χ3v) is 3.89. The molecule has 3 N–H and O–H groups in total. The number of amides is 1. The fourth-order valence-corrected chi connectivity index (χ4v) is 2.62. The van der Waals surface area contributed by atoms with E-state index < -0.39 is 0 Å². The molecular formula is C15H27N5O. The second-order valence-corrected chi connectivity index (χ2v) is 5.91. The SMILES string of the molecule is CCCCN(CC(N)=O)c1c(CNC2CC2)c(C)nn1C. The van der Waals surface area contributed by atoms with Crippen molar-refractivity contribution in [1.82, 2.24) is 15.1 Å². The van der Waals surface area contributed by atoms with E-state index in [1.807, 2.05) is 18.7 Å². The van der Waals surface area contributed by atoms with Crippen molar-refractivity contribution >= 4 is 11.7 Å². The lowest BCUT2D eigenvalue weighted by molar-refractivity contribution is -0.116. The number of rotatable bonds is 9. The Morgan fingerprint density at radius 3 is 2.81 bits per heavy atom. The minimum atomic E-state index is -0.300. The lowest BCUT2D eigenvalue weighted by Crippen LogP contribution is -2.36. The second kappa shape index (κ2) is 6.93. The highest BCUT2D eigenvalue weighted by Gasteiger charge is 2.24. The maximum atomic E-state index is 11.4. The van der Waals surface area contributed by atoms with Crippen LogP contribution in [0.3, 0.4) is 0 Å². The van der Waals surface area contributed by atoms with Gasteiger partial charge in [-0.2, -0.15) is 5.10 Å². The predicted molar refractivity (Wildman–Crippen MR) is 84.1 cm³/mol. The Bertz CT molecular complexity index is 492. The molecule has 2 rings (SSSR count). The van der Waals surface area contributed by atoms with E-state index in [0.717, 1.165) is 37.4 Å². The van der Waals surface area contributed by atoms with Crippen LogP contribution in [-0.4, -0.2) is 34.8 Å². The van der Waals surface area contributed by atoms with Crippen LogP contribution in [0, 0.1) is 6.92 Å². The van der Waals surface area contributed by atoms with Crippen molar-refractivity contribution in [2.75, 3.05) is 18.0 Å². The minimum absolute atomic E-state index is 0.245. The van der Waals surface area contributed by atoms with Crippen LogP contribution in [0.5, 0.6) is 0 Å². The summed E-state index contributed by atoms with van der Waals surface area (Å²) in [5.41, 5.74) is 7.62. The number of primary amides is 1. The molecule has 6 heteroatoms. The summed E-state index contributed by atoms with van der Waals surface area (Å²) >= 11 is 0. The number of unbranched alkanes of at least 4 members (excludes halogenated alkanes) is 1. The number of carbonyl (C=O) groups excluding carboxylic acids is 1. The van der Waals surface area contributed by atoms with Crippen molar-refractivity contribution in [3.05, 3.63) is 11.3 Å². The summed E-state index contributed by atoms with van der Waals surface area (Å²) in [5.74, 6) is 0.721. The zero-order valence-electron chi connectivity index (χ0n) is 13.4. The first-order valence-electron chi connectivity index (χ1n) is 7.82. The minimum Gasteiger partial charge on any atom is -0.368 e. The van der Waals surface area contributed by atoms with E-state index in [0.29, 0.717) is 6.04 Å². The number of nitrogens with zero attached hydrogens (tertiary/aromatic N) is 3. The van der Waals surface area contributed by atoms with Crippen molar-refractivity contribution in [3.63, 3.8) is 0 Å². The fraction of sp³-hybridized carbons (Fsp3) is 0.733. The Morgan fingerprint density at radius 1 is 1.52 bits per heavy atom. The Labute approximate surface area is 126 Å². The lowest BCUT2D eigenvalue weighted by atomic mass is 10.2. The van der Waals surface area contributed by atoms with Gasteiger partial charge >= 0.3 is 0 Å². The molecule has 0 spiro atoms. The van der Waals surface area contributed by atoms with Crippen LogP contribution < -0.4 is 16.0 Å². The number of hydrogen-bond acceptors (Lipinski definition) is 4. The van der Waals surface area contributed by atoms with Crippen LogP contribution in [0.25, 0.3) is 0 Å². The molecule has 1 aromatic heterocycles. The smallest absolute Gasteiger partial charge is 0.236 e. The van der Waals surface area contributed by atoms with Gasteiger partial charge in [0, 0.05) is 31.7 Å². The molecule has 1 amide bonds. The summed E-state index contributed by atoms with van der Waals surface area (Å²) in [6, 6.07) is 0.651. The standard InChI is InChI=1S/C15H27N5O/c1-4-5-8-20(10-14(16)21)15-13(9-17-12-6-7-12)11(2)18-19(15)3/h12,17H,4-10H2,1-3H3,(H2,16,21). The van der Waals surface area contributed by atoms with Crippen molar-refractivity contribution in [1.29, 1.82) is 0 Å². The van der Waals surface area contributed by atoms with Gasteiger partial charge in [0.25, 0.3) is 0 Å². The van der Waals surface area contributed by atoms with Gasteiger partial charge in [-0.25, -0.2) is 0 Å². The largest absolute Gasteiger partial charge is 0.368 e. The Hall–Kier alpha value is -1.56. The molecule has 1 saturated carbocycles. The van der Waals surface area contributed by atoms with Crippen LogP contribution in [0.15, 0.2) is 0 Å². The zero-order valence-corrected chi connectivity index (χ0v) is 13.4. The lowest BCUT2D eigenvalue weighted by Gasteiger charge is -2.24. The molecule has 6 nitrogen and oxygen atoms in total. The van der Waals surface area contributed by atoms with E-state index in [1.165, 1.54) is 18.4 Å². The molecular weight excluding hydrogens is 266 g/mol. The topological polar surface area (TPSA) is 76.2 Å². The van der Waals surface area contributed by atoms with Gasteiger partial charge in [-0.3, -0.25) is 9.48 Å². The van der Waals surface area contributed by atoms with E-state index in [1.54, 1.807) is 0 Å². The molecule has 1 heterocycles. The number of nitrogens with one attached hydrogen (secondary N) is 1. The summed E-state index contributed by atoms with van der Waals surface area (Å²) in [6.07, 6.45) is 4.64. The quantitative estimate of drug-likeness (QED) is 0.714. The van der Waals surface area contributed by atoms with Crippen molar-refractivity contribution in [2.24, 2.45) is 12.8 Å². The Kier molecular flexibility index (Phi) is 5.22. The highest BCUT2D eigenvalue weighted by atomic mass is 16.1. The van der Waals surface area contributed by atoms with Crippen LogP contribution >= 0.6 is 0 Å². The van der Waals surface area contributed by atoms with Gasteiger partial charge < -0.3 is 16.0 Å². The number of anilines is 1. The van der Waals surface area contributed by atoms with Crippen LogP contribution in [-0.2, 0) is 18.4 Å². The highest BCUT2D eigenvalue weighted by Crippen LogP contribution is 2.26. The molecule has 0 unspecified atom stereocenters. The van der Waals surface area contributed by atoms with E-state index in [4.69, 9.17) is 5.73 Å². The van der Waals surface area contributed by atoms with Gasteiger partial charge in [-0.1, -0.05) is 13.3 Å². The molecule has 0 aromatic carbocycles. The molecule has 21 heavy (non-hydrogen) atoms. The molecule has 1 aromatic rings. The van der Waals surface area contributed by atoms with Crippen LogP contribution in [0.1, 0.15) is 43.9 Å². The third-order valence-electron chi connectivity index (χ3n) is 3.89. The molecule has 0 radical (unpaired) electrons. The normalized spacial score (nSPS) is 14.4. The van der Waals surface area contributed by atoms with E-state index in [-0.39, 0.29) is 12.5 Å². The van der Waals surface area contributed by atoms with E-state index >= 15 is 0 Å². The van der Waals surface area contributed by atoms with Crippen molar-refractivity contribution < 1.29 is 4.79 Å². The average Bonchev–Trinajstić information content (AvgIpc) is 3.18. The van der Waals surface area contributed by atoms with Gasteiger partial charge in [-0.15, -0.1) is 0 Å². The summed E-state index contributed by atoms with van der Waals surface area (Å²) in [6.45, 7) is 6.05. The molecule has 0 aliphatic heterocycles. The molecule has 1 aliphatic carbocycles. The number of aromatic nitrogens is 2. The molecule has 0 saturated heterocycles. The second-order valence-electron chi connectivity index (χ2n) is 5.91. The first-order chi connectivity index (χ1) is 10.0. The zero-order chi connectivity index (χ0) is 15.4. The van der Waals surface area contributed by atoms with Crippen molar-refractivity contribution in [3.8, 4) is 0 Å². The van der Waals surface area contributed by atoms with E-state index in [9.17, 15) is 4.79 Å². The molecule has 0 atom stereocenters. The third kappa shape index (κ3) is 4.20. The monoisotopic (exact) mass is 293 g/mol.